The largest absolute Gasteiger partial charge is 0.334 e. The van der Waals surface area contributed by atoms with E-state index in [1.807, 2.05) is 18.2 Å². The molecule has 2 amide bonds. The van der Waals surface area contributed by atoms with Gasteiger partial charge in [0.05, 0.1) is 6.04 Å². The van der Waals surface area contributed by atoms with E-state index >= 15 is 0 Å². The van der Waals surface area contributed by atoms with Gasteiger partial charge in [-0.3, -0.25) is 4.21 Å². The van der Waals surface area contributed by atoms with Crippen LogP contribution in [0.25, 0.3) is 0 Å². The Morgan fingerprint density at radius 3 is 2.71 bits per heavy atom. The van der Waals surface area contributed by atoms with Gasteiger partial charge in [0.25, 0.3) is 0 Å². The Morgan fingerprint density at radius 1 is 1.25 bits per heavy atom. The Kier molecular flexibility index (Phi) is 4.94. The highest BCUT2D eigenvalue weighted by Gasteiger charge is 2.25. The lowest BCUT2D eigenvalue weighted by molar-refractivity contribution is 0.236. The molecule has 0 aromatic heterocycles. The third kappa shape index (κ3) is 3.64. The molecular weight excluding hydrogens is 327 g/mol. The van der Waals surface area contributed by atoms with E-state index in [0.717, 1.165) is 16.0 Å². The van der Waals surface area contributed by atoms with Crippen LogP contribution in [-0.2, 0) is 23.8 Å². The number of nitrogens with one attached hydrogen (secondary N) is 2. The molecule has 0 fully saturated rings. The quantitative estimate of drug-likeness (QED) is 0.894. The van der Waals surface area contributed by atoms with Crippen molar-refractivity contribution in [1.29, 1.82) is 0 Å². The van der Waals surface area contributed by atoms with Crippen LogP contribution in [0.5, 0.6) is 0 Å². The normalized spacial score (nSPS) is 17.2. The lowest BCUT2D eigenvalue weighted by Gasteiger charge is -2.15. The summed E-state index contributed by atoms with van der Waals surface area (Å²) in [5.74, 6) is -0.203. The molecule has 3 rings (SSSR count). The number of fused-ring (bicyclic) bond motifs is 1. The molecule has 0 unspecified atom stereocenters. The molecule has 6 heteroatoms. The molecule has 0 aliphatic heterocycles. The third-order valence-corrected chi connectivity index (χ3v) is 5.16. The fourth-order valence-corrected chi connectivity index (χ4v) is 3.47. The lowest BCUT2D eigenvalue weighted by Crippen LogP contribution is -2.36. The second-order valence-corrected chi connectivity index (χ2v) is 7.20. The first-order chi connectivity index (χ1) is 11.5. The second kappa shape index (κ2) is 7.13. The van der Waals surface area contributed by atoms with Gasteiger partial charge in [0.15, 0.2) is 0 Å². The molecule has 0 heterocycles. The number of halogens is 1. The van der Waals surface area contributed by atoms with E-state index < -0.39 is 10.8 Å². The number of amides is 2. The van der Waals surface area contributed by atoms with Gasteiger partial charge in [0, 0.05) is 28.5 Å². The van der Waals surface area contributed by atoms with Crippen LogP contribution in [0.15, 0.2) is 47.4 Å². The van der Waals surface area contributed by atoms with Gasteiger partial charge in [-0.1, -0.05) is 24.3 Å². The zero-order valence-electron chi connectivity index (χ0n) is 13.3. The van der Waals surface area contributed by atoms with Crippen molar-refractivity contribution in [3.63, 3.8) is 0 Å². The summed E-state index contributed by atoms with van der Waals surface area (Å²) in [7, 11) is -1.01. The highest BCUT2D eigenvalue weighted by molar-refractivity contribution is 7.84. The highest BCUT2D eigenvalue weighted by Crippen LogP contribution is 2.32. The molecule has 2 atom stereocenters. The molecule has 0 spiro atoms. The van der Waals surface area contributed by atoms with Gasteiger partial charge >= 0.3 is 6.03 Å². The predicted octanol–water partition coefficient (Wildman–Crippen LogP) is 3.05. The molecule has 2 aromatic carbocycles. The second-order valence-electron chi connectivity index (χ2n) is 5.82. The van der Waals surface area contributed by atoms with Crippen LogP contribution in [0.3, 0.4) is 0 Å². The molecule has 24 heavy (non-hydrogen) atoms. The minimum absolute atomic E-state index is 0.152. The van der Waals surface area contributed by atoms with Gasteiger partial charge in [-0.25, -0.2) is 9.18 Å². The number of hydrogen-bond acceptors (Lipinski definition) is 2. The summed E-state index contributed by atoms with van der Waals surface area (Å²) in [6.07, 6.45) is 2.98. The molecule has 0 radical (unpaired) electrons. The Balaban J connectivity index is 1.56. The fraction of sp³-hybridized carbons (Fsp3) is 0.278. The number of benzene rings is 2. The number of carbonyl (C=O) groups excluding carboxylic acids is 1. The Morgan fingerprint density at radius 2 is 2.00 bits per heavy atom. The Hall–Kier alpha value is -2.21. The van der Waals surface area contributed by atoms with Gasteiger partial charge in [0.1, 0.15) is 5.82 Å². The van der Waals surface area contributed by atoms with Crippen molar-refractivity contribution in [2.24, 2.45) is 0 Å². The molecule has 126 valence electrons. The monoisotopic (exact) mass is 346 g/mol. The predicted molar refractivity (Wildman–Crippen MR) is 91.6 cm³/mol. The minimum atomic E-state index is -1.01. The van der Waals surface area contributed by atoms with Crippen LogP contribution in [0.2, 0.25) is 0 Å². The number of urea groups is 1. The molecule has 2 aromatic rings. The van der Waals surface area contributed by atoms with Crippen molar-refractivity contribution in [3.05, 3.63) is 65.0 Å². The molecule has 4 nitrogen and oxygen atoms in total. The molecule has 1 aliphatic rings. The Bertz CT molecular complexity index is 777. The van der Waals surface area contributed by atoms with Crippen molar-refractivity contribution in [2.75, 3.05) is 6.26 Å². The molecule has 0 bridgehead atoms. The summed E-state index contributed by atoms with van der Waals surface area (Å²) in [6, 6.07) is 11.8. The van der Waals surface area contributed by atoms with Crippen molar-refractivity contribution in [2.45, 2.75) is 30.3 Å². The van der Waals surface area contributed by atoms with E-state index in [4.69, 9.17) is 0 Å². The van der Waals surface area contributed by atoms with Gasteiger partial charge in [-0.05, 0) is 47.7 Å². The van der Waals surface area contributed by atoms with Crippen LogP contribution in [0.4, 0.5) is 9.18 Å². The summed E-state index contributed by atoms with van der Waals surface area (Å²) >= 11 is 0. The highest BCUT2D eigenvalue weighted by atomic mass is 32.2. The van der Waals surface area contributed by atoms with Crippen LogP contribution in [0, 0.1) is 5.82 Å². The first-order valence-electron chi connectivity index (χ1n) is 7.78. The molecular formula is C18H19FN2O2S. The SMILES string of the molecule is C[S@](=O)c1ccc(CNC(=O)N[C@H]2CCc3c(F)cccc32)cc1. The van der Waals surface area contributed by atoms with Gasteiger partial charge < -0.3 is 10.6 Å². The smallest absolute Gasteiger partial charge is 0.315 e. The fourth-order valence-electron chi connectivity index (χ4n) is 2.95. The average Bonchev–Trinajstić information content (AvgIpc) is 2.98. The molecule has 0 saturated heterocycles. The summed E-state index contributed by atoms with van der Waals surface area (Å²) < 4.78 is 25.1. The standard InChI is InChI=1S/C18H19FN2O2S/c1-24(23)13-7-5-12(6-8-13)11-20-18(22)21-17-10-9-14-15(17)3-2-4-16(14)19/h2-8,17H,9-11H2,1H3,(H2,20,21,22)/t17-,24-/m0/s1. The maximum absolute atomic E-state index is 13.7. The van der Waals surface area contributed by atoms with Gasteiger partial charge in [-0.2, -0.15) is 0 Å². The first kappa shape index (κ1) is 16.6. The first-order valence-corrected chi connectivity index (χ1v) is 9.34. The summed E-state index contributed by atoms with van der Waals surface area (Å²) in [5, 5.41) is 5.70. The topological polar surface area (TPSA) is 58.2 Å². The van der Waals surface area contributed by atoms with E-state index in [9.17, 15) is 13.4 Å². The van der Waals surface area contributed by atoms with E-state index in [0.29, 0.717) is 24.9 Å². The minimum Gasteiger partial charge on any atom is -0.334 e. The summed E-state index contributed by atoms with van der Waals surface area (Å²) in [5.41, 5.74) is 2.49. The number of rotatable bonds is 4. The molecule has 2 N–H and O–H groups in total. The Labute approximate surface area is 142 Å². The van der Waals surface area contributed by atoms with Crippen LogP contribution in [-0.4, -0.2) is 16.5 Å². The van der Waals surface area contributed by atoms with Crippen LogP contribution < -0.4 is 10.6 Å². The van der Waals surface area contributed by atoms with Crippen molar-refractivity contribution < 1.29 is 13.4 Å². The summed E-state index contributed by atoms with van der Waals surface area (Å²) in [6.45, 7) is 0.380. The van der Waals surface area contributed by atoms with Crippen molar-refractivity contribution in [1.82, 2.24) is 10.6 Å². The third-order valence-electron chi connectivity index (χ3n) is 4.23. The van der Waals surface area contributed by atoms with Gasteiger partial charge in [0.2, 0.25) is 0 Å². The van der Waals surface area contributed by atoms with E-state index in [1.54, 1.807) is 24.5 Å². The van der Waals surface area contributed by atoms with Gasteiger partial charge in [-0.15, -0.1) is 0 Å². The van der Waals surface area contributed by atoms with E-state index in [2.05, 4.69) is 10.6 Å². The van der Waals surface area contributed by atoms with E-state index in [-0.39, 0.29) is 17.9 Å². The van der Waals surface area contributed by atoms with Crippen molar-refractivity contribution >= 4 is 16.8 Å². The zero-order valence-corrected chi connectivity index (χ0v) is 14.2. The lowest BCUT2D eigenvalue weighted by atomic mass is 10.1. The zero-order chi connectivity index (χ0) is 17.1. The number of carbonyl (C=O) groups is 1. The van der Waals surface area contributed by atoms with E-state index in [1.165, 1.54) is 6.07 Å². The maximum Gasteiger partial charge on any atom is 0.315 e. The molecule has 1 aliphatic carbocycles. The summed E-state index contributed by atoms with van der Waals surface area (Å²) in [4.78, 5) is 12.8. The van der Waals surface area contributed by atoms with Crippen molar-refractivity contribution in [3.8, 4) is 0 Å². The average molecular weight is 346 g/mol. The maximum atomic E-state index is 13.7. The molecule has 0 saturated carbocycles. The number of hydrogen-bond donors (Lipinski definition) is 2. The van der Waals surface area contributed by atoms with Crippen LogP contribution >= 0.6 is 0 Å². The van der Waals surface area contributed by atoms with Crippen LogP contribution in [0.1, 0.15) is 29.2 Å².